The van der Waals surface area contributed by atoms with E-state index in [4.69, 9.17) is 0 Å². The highest BCUT2D eigenvalue weighted by Crippen LogP contribution is 2.28. The second kappa shape index (κ2) is 7.01. The van der Waals surface area contributed by atoms with Crippen LogP contribution in [0.5, 0.6) is 0 Å². The van der Waals surface area contributed by atoms with Crippen LogP contribution in [0.2, 0.25) is 0 Å². The summed E-state index contributed by atoms with van der Waals surface area (Å²) in [5.41, 5.74) is 2.13. The van der Waals surface area contributed by atoms with Crippen molar-refractivity contribution >= 4 is 0 Å². The van der Waals surface area contributed by atoms with E-state index in [1.54, 1.807) is 0 Å². The summed E-state index contributed by atoms with van der Waals surface area (Å²) in [6, 6.07) is 6.10. The van der Waals surface area contributed by atoms with Gasteiger partial charge in [-0.1, -0.05) is 31.7 Å². The fourth-order valence-corrected chi connectivity index (χ4v) is 3.09. The predicted octanol–water partition coefficient (Wildman–Crippen LogP) is 2.76. The molecule has 2 rings (SSSR count). The number of aliphatic hydroxyl groups excluding tert-OH is 1. The number of aromatic nitrogens is 1. The maximum atomic E-state index is 10.2. The van der Waals surface area contributed by atoms with E-state index >= 15 is 0 Å². The number of aliphatic hydroxyl groups is 1. The third-order valence-electron chi connectivity index (χ3n) is 3.98. The summed E-state index contributed by atoms with van der Waals surface area (Å²) in [5, 5.41) is 10.2. The molecule has 1 aliphatic rings. The van der Waals surface area contributed by atoms with E-state index in [0.717, 1.165) is 36.8 Å². The predicted molar refractivity (Wildman–Crippen MR) is 77.9 cm³/mol. The number of aryl methyl sites for hydroxylation is 1. The molecule has 0 amide bonds. The first kappa shape index (κ1) is 14.5. The summed E-state index contributed by atoms with van der Waals surface area (Å²) in [7, 11) is 2.06. The summed E-state index contributed by atoms with van der Waals surface area (Å²) in [6.45, 7) is 3.56. The first-order valence-electron chi connectivity index (χ1n) is 7.42. The van der Waals surface area contributed by atoms with E-state index in [9.17, 15) is 5.11 Å². The molecule has 1 N–H and O–H groups in total. The van der Waals surface area contributed by atoms with Crippen molar-refractivity contribution < 1.29 is 5.11 Å². The van der Waals surface area contributed by atoms with Crippen LogP contribution in [0, 0.1) is 12.8 Å². The van der Waals surface area contributed by atoms with Crippen LogP contribution >= 0.6 is 0 Å². The summed E-state index contributed by atoms with van der Waals surface area (Å²) < 4.78 is 0. The molecule has 1 unspecified atom stereocenters. The van der Waals surface area contributed by atoms with Crippen LogP contribution in [0.4, 0.5) is 0 Å². The zero-order chi connectivity index (χ0) is 13.7. The molecule has 1 aliphatic carbocycles. The average Bonchev–Trinajstić information content (AvgIpc) is 2.81. The number of rotatable bonds is 6. The summed E-state index contributed by atoms with van der Waals surface area (Å²) >= 11 is 0. The maximum absolute atomic E-state index is 10.2. The Morgan fingerprint density at radius 1 is 1.37 bits per heavy atom. The molecule has 106 valence electrons. The van der Waals surface area contributed by atoms with Gasteiger partial charge in [-0.3, -0.25) is 9.88 Å². The van der Waals surface area contributed by atoms with Gasteiger partial charge in [0.05, 0.1) is 11.8 Å². The van der Waals surface area contributed by atoms with Crippen molar-refractivity contribution in [1.29, 1.82) is 0 Å². The molecular formula is C16H26N2O. The van der Waals surface area contributed by atoms with Gasteiger partial charge in [-0.2, -0.15) is 0 Å². The molecule has 1 fully saturated rings. The maximum Gasteiger partial charge on any atom is 0.0669 e. The Labute approximate surface area is 116 Å². The highest BCUT2D eigenvalue weighted by molar-refractivity contribution is 5.09. The molecule has 0 aliphatic heterocycles. The van der Waals surface area contributed by atoms with Crippen molar-refractivity contribution in [3.8, 4) is 0 Å². The number of pyridine rings is 1. The topological polar surface area (TPSA) is 36.4 Å². The van der Waals surface area contributed by atoms with E-state index < -0.39 is 0 Å². The Morgan fingerprint density at radius 3 is 2.79 bits per heavy atom. The van der Waals surface area contributed by atoms with Crippen molar-refractivity contribution in [3.05, 3.63) is 29.6 Å². The van der Waals surface area contributed by atoms with Crippen LogP contribution < -0.4 is 0 Å². The third-order valence-corrected chi connectivity index (χ3v) is 3.98. The van der Waals surface area contributed by atoms with Gasteiger partial charge in [-0.25, -0.2) is 0 Å². The Balaban J connectivity index is 1.75. The molecule has 0 spiro atoms. The van der Waals surface area contributed by atoms with Crippen molar-refractivity contribution in [3.63, 3.8) is 0 Å². The zero-order valence-corrected chi connectivity index (χ0v) is 12.2. The normalized spacial score (nSPS) is 18.1. The molecule has 0 saturated heterocycles. The zero-order valence-electron chi connectivity index (χ0n) is 12.2. The van der Waals surface area contributed by atoms with Gasteiger partial charge >= 0.3 is 0 Å². The molecule has 1 aromatic rings. The van der Waals surface area contributed by atoms with Crippen LogP contribution in [0.1, 0.15) is 43.5 Å². The minimum Gasteiger partial charge on any atom is -0.392 e. The second-order valence-electron chi connectivity index (χ2n) is 6.01. The minimum atomic E-state index is -0.196. The Kier molecular flexibility index (Phi) is 5.34. The Hall–Kier alpha value is -0.930. The SMILES string of the molecule is Cc1cccc(CN(C)CC(O)CC2CCCC2)n1. The van der Waals surface area contributed by atoms with E-state index in [1.165, 1.54) is 25.7 Å². The molecule has 1 atom stereocenters. The largest absolute Gasteiger partial charge is 0.392 e. The summed E-state index contributed by atoms with van der Waals surface area (Å²) in [4.78, 5) is 6.67. The number of likely N-dealkylation sites (N-methyl/N-ethyl adjacent to an activating group) is 1. The van der Waals surface area contributed by atoms with Gasteiger partial charge < -0.3 is 5.11 Å². The first-order valence-corrected chi connectivity index (χ1v) is 7.42. The highest BCUT2D eigenvalue weighted by Gasteiger charge is 2.19. The van der Waals surface area contributed by atoms with Crippen molar-refractivity contribution in [2.45, 2.75) is 51.7 Å². The quantitative estimate of drug-likeness (QED) is 0.856. The number of nitrogens with zero attached hydrogens (tertiary/aromatic N) is 2. The minimum absolute atomic E-state index is 0.196. The van der Waals surface area contributed by atoms with E-state index in [0.29, 0.717) is 0 Å². The molecule has 3 heteroatoms. The lowest BCUT2D eigenvalue weighted by Crippen LogP contribution is -2.30. The van der Waals surface area contributed by atoms with Crippen LogP contribution in [0.25, 0.3) is 0 Å². The lowest BCUT2D eigenvalue weighted by molar-refractivity contribution is 0.0990. The molecule has 0 aromatic carbocycles. The fraction of sp³-hybridized carbons (Fsp3) is 0.688. The Morgan fingerprint density at radius 2 is 2.11 bits per heavy atom. The molecule has 1 saturated carbocycles. The summed E-state index contributed by atoms with van der Waals surface area (Å²) in [6.07, 6.45) is 6.07. The molecule has 0 bridgehead atoms. The van der Waals surface area contributed by atoms with Gasteiger partial charge in [0.1, 0.15) is 0 Å². The standard InChI is InChI=1S/C16H26N2O/c1-13-6-5-9-15(17-13)11-18(2)12-16(19)10-14-7-3-4-8-14/h5-6,9,14,16,19H,3-4,7-8,10-12H2,1-2H3. The molecule has 0 radical (unpaired) electrons. The monoisotopic (exact) mass is 262 g/mol. The highest BCUT2D eigenvalue weighted by atomic mass is 16.3. The van der Waals surface area contributed by atoms with Gasteiger partial charge in [-0.05, 0) is 38.4 Å². The molecule has 1 aromatic heterocycles. The third kappa shape index (κ3) is 4.92. The van der Waals surface area contributed by atoms with Gasteiger partial charge in [-0.15, -0.1) is 0 Å². The van der Waals surface area contributed by atoms with Gasteiger partial charge in [0.25, 0.3) is 0 Å². The lowest BCUT2D eigenvalue weighted by Gasteiger charge is -2.22. The fourth-order valence-electron chi connectivity index (χ4n) is 3.09. The van der Waals surface area contributed by atoms with Crippen LogP contribution in [-0.4, -0.2) is 34.7 Å². The first-order chi connectivity index (χ1) is 9.13. The van der Waals surface area contributed by atoms with E-state index in [-0.39, 0.29) is 6.10 Å². The lowest BCUT2D eigenvalue weighted by atomic mass is 10.00. The van der Waals surface area contributed by atoms with Crippen LogP contribution in [0.3, 0.4) is 0 Å². The Bertz CT molecular complexity index is 388. The van der Waals surface area contributed by atoms with Crippen molar-refractivity contribution in [1.82, 2.24) is 9.88 Å². The molecular weight excluding hydrogens is 236 g/mol. The smallest absolute Gasteiger partial charge is 0.0669 e. The number of hydrogen-bond donors (Lipinski definition) is 1. The summed E-state index contributed by atoms with van der Waals surface area (Å²) in [5.74, 6) is 0.750. The van der Waals surface area contributed by atoms with Crippen molar-refractivity contribution in [2.75, 3.05) is 13.6 Å². The molecule has 3 nitrogen and oxygen atoms in total. The van der Waals surface area contributed by atoms with Crippen LogP contribution in [-0.2, 0) is 6.54 Å². The van der Waals surface area contributed by atoms with E-state index in [1.807, 2.05) is 25.1 Å². The average molecular weight is 262 g/mol. The van der Waals surface area contributed by atoms with Gasteiger partial charge in [0, 0.05) is 18.8 Å². The van der Waals surface area contributed by atoms with E-state index in [2.05, 4.69) is 16.9 Å². The second-order valence-corrected chi connectivity index (χ2v) is 6.01. The number of hydrogen-bond acceptors (Lipinski definition) is 3. The van der Waals surface area contributed by atoms with Gasteiger partial charge in [0.15, 0.2) is 0 Å². The van der Waals surface area contributed by atoms with Crippen molar-refractivity contribution in [2.24, 2.45) is 5.92 Å². The molecule has 19 heavy (non-hydrogen) atoms. The van der Waals surface area contributed by atoms with Gasteiger partial charge in [0.2, 0.25) is 0 Å². The molecule has 1 heterocycles. The van der Waals surface area contributed by atoms with Crippen LogP contribution in [0.15, 0.2) is 18.2 Å².